The SMILES string of the molecule is CCCN(CC1CCCN1)C(C)c1ccc(Cl)c(Cl)c1. The van der Waals surface area contributed by atoms with Crippen molar-refractivity contribution in [1.82, 2.24) is 10.2 Å². The van der Waals surface area contributed by atoms with Gasteiger partial charge in [-0.05, 0) is 57.0 Å². The maximum atomic E-state index is 6.15. The van der Waals surface area contributed by atoms with E-state index in [2.05, 4.69) is 30.1 Å². The second kappa shape index (κ2) is 7.65. The third kappa shape index (κ3) is 4.11. The first-order chi connectivity index (χ1) is 9.61. The molecule has 0 amide bonds. The van der Waals surface area contributed by atoms with Crippen molar-refractivity contribution < 1.29 is 0 Å². The lowest BCUT2D eigenvalue weighted by Gasteiger charge is -2.31. The molecular formula is C16H24Cl2N2. The molecule has 1 fully saturated rings. The van der Waals surface area contributed by atoms with Crippen molar-refractivity contribution in [2.75, 3.05) is 19.6 Å². The normalized spacial score (nSPS) is 20.6. The van der Waals surface area contributed by atoms with Crippen LogP contribution in [0, 0.1) is 0 Å². The standard InChI is InChI=1S/C16H24Cl2N2/c1-3-9-20(11-14-5-4-8-19-14)12(2)13-6-7-15(17)16(18)10-13/h6-7,10,12,14,19H,3-5,8-9,11H2,1-2H3. The number of halogens is 2. The van der Waals surface area contributed by atoms with Crippen LogP contribution in [-0.2, 0) is 0 Å². The van der Waals surface area contributed by atoms with Crippen molar-refractivity contribution in [2.24, 2.45) is 0 Å². The molecule has 0 radical (unpaired) electrons. The number of hydrogen-bond acceptors (Lipinski definition) is 2. The van der Waals surface area contributed by atoms with E-state index in [1.165, 1.54) is 24.8 Å². The van der Waals surface area contributed by atoms with Crippen LogP contribution in [0.2, 0.25) is 10.0 Å². The van der Waals surface area contributed by atoms with Crippen LogP contribution >= 0.6 is 23.2 Å². The van der Waals surface area contributed by atoms with Gasteiger partial charge in [-0.15, -0.1) is 0 Å². The lowest BCUT2D eigenvalue weighted by Crippen LogP contribution is -2.39. The average Bonchev–Trinajstić information content (AvgIpc) is 2.93. The van der Waals surface area contributed by atoms with Gasteiger partial charge in [0.1, 0.15) is 0 Å². The average molecular weight is 315 g/mol. The van der Waals surface area contributed by atoms with E-state index < -0.39 is 0 Å². The van der Waals surface area contributed by atoms with E-state index in [1.54, 1.807) is 0 Å². The summed E-state index contributed by atoms with van der Waals surface area (Å²) in [7, 11) is 0. The maximum Gasteiger partial charge on any atom is 0.0595 e. The van der Waals surface area contributed by atoms with Crippen LogP contribution in [0.5, 0.6) is 0 Å². The molecule has 0 spiro atoms. The quantitative estimate of drug-likeness (QED) is 0.830. The van der Waals surface area contributed by atoms with Crippen LogP contribution in [0.25, 0.3) is 0 Å². The van der Waals surface area contributed by atoms with E-state index in [1.807, 2.05) is 12.1 Å². The van der Waals surface area contributed by atoms with E-state index >= 15 is 0 Å². The van der Waals surface area contributed by atoms with Crippen LogP contribution in [0.1, 0.15) is 44.7 Å². The Morgan fingerprint density at radius 1 is 1.35 bits per heavy atom. The van der Waals surface area contributed by atoms with Gasteiger partial charge in [0.05, 0.1) is 10.0 Å². The Morgan fingerprint density at radius 3 is 2.75 bits per heavy atom. The molecule has 20 heavy (non-hydrogen) atoms. The Hall–Kier alpha value is -0.280. The van der Waals surface area contributed by atoms with Gasteiger partial charge in [-0.3, -0.25) is 4.90 Å². The molecule has 4 heteroatoms. The van der Waals surface area contributed by atoms with Crippen LogP contribution in [0.15, 0.2) is 18.2 Å². The minimum atomic E-state index is 0.368. The molecule has 1 saturated heterocycles. The van der Waals surface area contributed by atoms with Gasteiger partial charge < -0.3 is 5.32 Å². The van der Waals surface area contributed by atoms with Crippen LogP contribution in [0.4, 0.5) is 0 Å². The summed E-state index contributed by atoms with van der Waals surface area (Å²) in [5, 5.41) is 4.86. The van der Waals surface area contributed by atoms with Crippen LogP contribution < -0.4 is 5.32 Å². The molecule has 0 aliphatic carbocycles. The number of hydrogen-bond donors (Lipinski definition) is 1. The Kier molecular flexibility index (Phi) is 6.16. The first-order valence-electron chi connectivity index (χ1n) is 7.54. The van der Waals surface area contributed by atoms with E-state index in [9.17, 15) is 0 Å². The minimum absolute atomic E-state index is 0.368. The van der Waals surface area contributed by atoms with E-state index in [0.717, 1.165) is 19.6 Å². The molecule has 1 aromatic rings. The molecule has 1 aliphatic heterocycles. The van der Waals surface area contributed by atoms with Crippen LogP contribution in [0.3, 0.4) is 0 Å². The molecule has 2 atom stereocenters. The molecule has 2 nitrogen and oxygen atoms in total. The summed E-state index contributed by atoms with van der Waals surface area (Å²) < 4.78 is 0. The molecule has 2 rings (SSSR count). The van der Waals surface area contributed by atoms with Gasteiger partial charge in [-0.2, -0.15) is 0 Å². The Balaban J connectivity index is 2.07. The maximum absolute atomic E-state index is 6.15. The number of nitrogens with one attached hydrogen (secondary N) is 1. The summed E-state index contributed by atoms with van der Waals surface area (Å²) in [6, 6.07) is 6.98. The van der Waals surface area contributed by atoms with Crippen LogP contribution in [-0.4, -0.2) is 30.6 Å². The molecule has 1 N–H and O–H groups in total. The largest absolute Gasteiger partial charge is 0.313 e. The lowest BCUT2D eigenvalue weighted by molar-refractivity contribution is 0.192. The predicted octanol–water partition coefficient (Wildman–Crippen LogP) is 4.52. The number of benzene rings is 1. The third-order valence-corrected chi connectivity index (χ3v) is 4.84. The molecule has 2 unspecified atom stereocenters. The van der Waals surface area contributed by atoms with E-state index in [4.69, 9.17) is 23.2 Å². The summed E-state index contributed by atoms with van der Waals surface area (Å²) in [6.45, 7) is 7.86. The highest BCUT2D eigenvalue weighted by molar-refractivity contribution is 6.42. The molecular weight excluding hydrogens is 291 g/mol. The van der Waals surface area contributed by atoms with Crippen molar-refractivity contribution in [3.8, 4) is 0 Å². The van der Waals surface area contributed by atoms with Crippen molar-refractivity contribution in [3.63, 3.8) is 0 Å². The summed E-state index contributed by atoms with van der Waals surface area (Å²) in [4.78, 5) is 2.54. The molecule has 0 bridgehead atoms. The fraction of sp³-hybridized carbons (Fsp3) is 0.625. The summed E-state index contributed by atoms with van der Waals surface area (Å²) in [6.07, 6.45) is 3.75. The topological polar surface area (TPSA) is 15.3 Å². The van der Waals surface area contributed by atoms with Gasteiger partial charge >= 0.3 is 0 Å². The lowest BCUT2D eigenvalue weighted by atomic mass is 10.1. The zero-order valence-electron chi connectivity index (χ0n) is 12.3. The van der Waals surface area contributed by atoms with Crippen molar-refractivity contribution in [1.29, 1.82) is 0 Å². The summed E-state index contributed by atoms with van der Waals surface area (Å²) in [5.41, 5.74) is 1.24. The van der Waals surface area contributed by atoms with Crippen molar-refractivity contribution in [2.45, 2.75) is 45.2 Å². The molecule has 1 aliphatic rings. The Bertz CT molecular complexity index is 430. The monoisotopic (exact) mass is 314 g/mol. The van der Waals surface area contributed by atoms with Crippen molar-refractivity contribution >= 4 is 23.2 Å². The minimum Gasteiger partial charge on any atom is -0.313 e. The van der Waals surface area contributed by atoms with Gasteiger partial charge in [-0.25, -0.2) is 0 Å². The molecule has 0 saturated carbocycles. The smallest absolute Gasteiger partial charge is 0.0595 e. The first kappa shape index (κ1) is 16.1. The van der Waals surface area contributed by atoms with Gasteiger partial charge in [0.2, 0.25) is 0 Å². The molecule has 1 aromatic carbocycles. The highest BCUT2D eigenvalue weighted by Crippen LogP contribution is 2.28. The molecule has 1 heterocycles. The Morgan fingerprint density at radius 2 is 2.15 bits per heavy atom. The highest BCUT2D eigenvalue weighted by Gasteiger charge is 2.22. The Labute approximate surface area is 132 Å². The van der Waals surface area contributed by atoms with Gasteiger partial charge in [0, 0.05) is 18.6 Å². The molecule has 112 valence electrons. The van der Waals surface area contributed by atoms with E-state index in [-0.39, 0.29) is 0 Å². The fourth-order valence-corrected chi connectivity index (χ4v) is 3.22. The third-order valence-electron chi connectivity index (χ3n) is 4.10. The predicted molar refractivity (Wildman–Crippen MR) is 87.8 cm³/mol. The zero-order valence-corrected chi connectivity index (χ0v) is 13.8. The second-order valence-electron chi connectivity index (χ2n) is 5.64. The molecule has 0 aromatic heterocycles. The van der Waals surface area contributed by atoms with Crippen molar-refractivity contribution in [3.05, 3.63) is 33.8 Å². The van der Waals surface area contributed by atoms with Gasteiger partial charge in [-0.1, -0.05) is 36.2 Å². The van der Waals surface area contributed by atoms with E-state index in [0.29, 0.717) is 22.1 Å². The van der Waals surface area contributed by atoms with Gasteiger partial charge in [0.15, 0.2) is 0 Å². The number of rotatable bonds is 6. The second-order valence-corrected chi connectivity index (χ2v) is 6.45. The summed E-state index contributed by atoms with van der Waals surface area (Å²) in [5.74, 6) is 0. The van der Waals surface area contributed by atoms with Gasteiger partial charge in [0.25, 0.3) is 0 Å². The first-order valence-corrected chi connectivity index (χ1v) is 8.29. The number of nitrogens with zero attached hydrogens (tertiary/aromatic N) is 1. The summed E-state index contributed by atoms with van der Waals surface area (Å²) >= 11 is 12.2. The highest BCUT2D eigenvalue weighted by atomic mass is 35.5. The fourth-order valence-electron chi connectivity index (χ4n) is 2.91. The zero-order chi connectivity index (χ0) is 14.5.